The Labute approximate surface area is 110 Å². The number of hydrogen-bond acceptors (Lipinski definition) is 6. The summed E-state index contributed by atoms with van der Waals surface area (Å²) < 4.78 is 0. The zero-order valence-electron chi connectivity index (χ0n) is 9.91. The third-order valence-electron chi connectivity index (χ3n) is 3.08. The Morgan fingerprint density at radius 3 is 2.83 bits per heavy atom. The number of piperazine rings is 1. The number of nitrogen functional groups attached to an aromatic ring is 1. The lowest BCUT2D eigenvalue weighted by molar-refractivity contribution is 0.471. The fourth-order valence-corrected chi connectivity index (χ4v) is 2.83. The van der Waals surface area contributed by atoms with Gasteiger partial charge in [-0.3, -0.25) is 0 Å². The maximum atomic E-state index is 5.63. The highest BCUT2D eigenvalue weighted by Gasteiger charge is 2.22. The zero-order valence-corrected chi connectivity index (χ0v) is 10.7. The number of nitrogens with one attached hydrogen (secondary N) is 1. The van der Waals surface area contributed by atoms with Gasteiger partial charge in [-0.15, -0.1) is 10.2 Å². The van der Waals surface area contributed by atoms with Gasteiger partial charge in [-0.2, -0.15) is 0 Å². The molecule has 3 rings (SSSR count). The molecule has 0 saturated carbocycles. The summed E-state index contributed by atoms with van der Waals surface area (Å²) in [6.07, 6.45) is 0. The molecule has 1 aromatic carbocycles. The summed E-state index contributed by atoms with van der Waals surface area (Å²) in [5.74, 6) is 0. The van der Waals surface area contributed by atoms with Crippen LogP contribution in [0.5, 0.6) is 0 Å². The fourth-order valence-electron chi connectivity index (χ4n) is 2.19. The maximum absolute atomic E-state index is 5.63. The van der Waals surface area contributed by atoms with Crippen LogP contribution >= 0.6 is 11.3 Å². The number of nitrogens with zero attached hydrogens (tertiary/aromatic N) is 3. The van der Waals surface area contributed by atoms with Crippen LogP contribution in [0.15, 0.2) is 30.3 Å². The number of aromatic nitrogens is 2. The van der Waals surface area contributed by atoms with Crippen molar-refractivity contribution in [2.24, 2.45) is 0 Å². The average molecular weight is 261 g/mol. The predicted molar refractivity (Wildman–Crippen MR) is 73.7 cm³/mol. The van der Waals surface area contributed by atoms with E-state index in [-0.39, 0.29) is 0 Å². The Hall–Kier alpha value is -1.66. The van der Waals surface area contributed by atoms with Gasteiger partial charge >= 0.3 is 0 Å². The van der Waals surface area contributed by atoms with Gasteiger partial charge in [0, 0.05) is 25.7 Å². The number of rotatable bonds is 2. The first-order valence-electron chi connectivity index (χ1n) is 5.95. The minimum absolute atomic E-state index is 0.338. The van der Waals surface area contributed by atoms with Crippen LogP contribution in [0.4, 0.5) is 10.3 Å². The Morgan fingerprint density at radius 2 is 2.11 bits per heavy atom. The van der Waals surface area contributed by atoms with E-state index in [9.17, 15) is 0 Å². The third-order valence-corrected chi connectivity index (χ3v) is 3.89. The quantitative estimate of drug-likeness (QED) is 0.852. The second kappa shape index (κ2) is 4.91. The molecular weight excluding hydrogens is 246 g/mol. The Kier molecular flexibility index (Phi) is 3.12. The minimum Gasteiger partial charge on any atom is -0.374 e. The summed E-state index contributed by atoms with van der Waals surface area (Å²) in [6, 6.07) is 10.8. The summed E-state index contributed by atoms with van der Waals surface area (Å²) >= 11 is 1.45. The molecule has 1 aromatic heterocycles. The summed E-state index contributed by atoms with van der Waals surface area (Å²) in [5, 5.41) is 12.9. The van der Waals surface area contributed by atoms with Gasteiger partial charge in [-0.25, -0.2) is 0 Å². The summed E-state index contributed by atoms with van der Waals surface area (Å²) in [6.45, 7) is 2.79. The van der Waals surface area contributed by atoms with Crippen LogP contribution in [0.25, 0.3) is 0 Å². The number of nitrogens with two attached hydrogens (primary N) is 1. The highest BCUT2D eigenvalue weighted by atomic mass is 32.1. The molecule has 0 aliphatic carbocycles. The lowest BCUT2D eigenvalue weighted by Gasteiger charge is -2.33. The summed E-state index contributed by atoms with van der Waals surface area (Å²) in [5.41, 5.74) is 6.94. The summed E-state index contributed by atoms with van der Waals surface area (Å²) in [7, 11) is 0. The van der Waals surface area contributed by atoms with E-state index in [1.54, 1.807) is 0 Å². The standard InChI is InChI=1S/C12H15N5S/c13-11-15-16-12(18-11)17-7-6-14-10(8-17)9-4-2-1-3-5-9/h1-5,10,14H,6-8H2,(H2,13,15). The van der Waals surface area contributed by atoms with E-state index in [1.165, 1.54) is 16.9 Å². The number of benzene rings is 1. The molecule has 6 heteroatoms. The molecule has 1 aliphatic heterocycles. The van der Waals surface area contributed by atoms with Gasteiger partial charge in [0.25, 0.3) is 0 Å². The van der Waals surface area contributed by atoms with E-state index in [4.69, 9.17) is 5.73 Å². The Morgan fingerprint density at radius 1 is 1.28 bits per heavy atom. The number of hydrogen-bond donors (Lipinski definition) is 2. The molecule has 0 bridgehead atoms. The first-order valence-corrected chi connectivity index (χ1v) is 6.77. The molecule has 94 valence electrons. The molecule has 5 nitrogen and oxygen atoms in total. The molecule has 1 unspecified atom stereocenters. The molecule has 1 saturated heterocycles. The predicted octanol–water partition coefficient (Wildman–Crippen LogP) is 1.27. The Balaban J connectivity index is 1.76. The molecule has 1 fully saturated rings. The molecular formula is C12H15N5S. The van der Waals surface area contributed by atoms with Crippen molar-refractivity contribution in [2.45, 2.75) is 6.04 Å². The van der Waals surface area contributed by atoms with E-state index >= 15 is 0 Å². The van der Waals surface area contributed by atoms with Crippen LogP contribution in [0.3, 0.4) is 0 Å². The largest absolute Gasteiger partial charge is 0.374 e. The van der Waals surface area contributed by atoms with Gasteiger partial charge in [0.2, 0.25) is 10.3 Å². The van der Waals surface area contributed by atoms with E-state index < -0.39 is 0 Å². The smallest absolute Gasteiger partial charge is 0.210 e. The molecule has 1 aliphatic rings. The maximum Gasteiger partial charge on any atom is 0.210 e. The second-order valence-corrected chi connectivity index (χ2v) is 5.27. The molecule has 0 amide bonds. The van der Waals surface area contributed by atoms with Crippen molar-refractivity contribution in [1.82, 2.24) is 15.5 Å². The fraction of sp³-hybridized carbons (Fsp3) is 0.333. The van der Waals surface area contributed by atoms with Gasteiger partial charge in [0.05, 0.1) is 0 Å². The van der Waals surface area contributed by atoms with Crippen molar-refractivity contribution < 1.29 is 0 Å². The van der Waals surface area contributed by atoms with E-state index in [1.807, 2.05) is 6.07 Å². The minimum atomic E-state index is 0.338. The van der Waals surface area contributed by atoms with Crippen molar-refractivity contribution in [2.75, 3.05) is 30.3 Å². The van der Waals surface area contributed by atoms with E-state index in [0.717, 1.165) is 24.8 Å². The molecule has 3 N–H and O–H groups in total. The molecule has 1 atom stereocenters. The van der Waals surface area contributed by atoms with Crippen LogP contribution in [-0.4, -0.2) is 29.8 Å². The molecule has 2 heterocycles. The molecule has 18 heavy (non-hydrogen) atoms. The lowest BCUT2D eigenvalue weighted by atomic mass is 10.1. The van der Waals surface area contributed by atoms with Crippen LogP contribution < -0.4 is 16.0 Å². The van der Waals surface area contributed by atoms with Crippen LogP contribution in [0.2, 0.25) is 0 Å². The van der Waals surface area contributed by atoms with Crippen molar-refractivity contribution in [3.8, 4) is 0 Å². The Bertz CT molecular complexity index is 512. The van der Waals surface area contributed by atoms with Crippen LogP contribution in [0, 0.1) is 0 Å². The summed E-state index contributed by atoms with van der Waals surface area (Å²) in [4.78, 5) is 2.24. The van der Waals surface area contributed by atoms with Gasteiger partial charge in [-0.05, 0) is 5.56 Å². The van der Waals surface area contributed by atoms with Crippen molar-refractivity contribution in [3.05, 3.63) is 35.9 Å². The van der Waals surface area contributed by atoms with Crippen molar-refractivity contribution in [1.29, 1.82) is 0 Å². The van der Waals surface area contributed by atoms with Crippen molar-refractivity contribution >= 4 is 21.6 Å². The molecule has 0 radical (unpaired) electrons. The molecule has 0 spiro atoms. The van der Waals surface area contributed by atoms with Gasteiger partial charge < -0.3 is 16.0 Å². The average Bonchev–Trinajstić information content (AvgIpc) is 2.87. The number of anilines is 2. The second-order valence-electron chi connectivity index (χ2n) is 4.29. The van der Waals surface area contributed by atoms with Gasteiger partial charge in [0.1, 0.15) is 0 Å². The SMILES string of the molecule is Nc1nnc(N2CCNC(c3ccccc3)C2)s1. The van der Waals surface area contributed by atoms with Crippen LogP contribution in [-0.2, 0) is 0 Å². The van der Waals surface area contributed by atoms with Crippen molar-refractivity contribution in [3.63, 3.8) is 0 Å². The monoisotopic (exact) mass is 261 g/mol. The topological polar surface area (TPSA) is 67.1 Å². The van der Waals surface area contributed by atoms with Gasteiger partial charge in [-0.1, -0.05) is 41.7 Å². The van der Waals surface area contributed by atoms with Gasteiger partial charge in [0.15, 0.2) is 0 Å². The molecule has 2 aromatic rings. The highest BCUT2D eigenvalue weighted by molar-refractivity contribution is 7.18. The first-order chi connectivity index (χ1) is 8.83. The first kappa shape index (κ1) is 11.4. The zero-order chi connectivity index (χ0) is 12.4. The lowest BCUT2D eigenvalue weighted by Crippen LogP contribution is -2.45. The highest BCUT2D eigenvalue weighted by Crippen LogP contribution is 2.25. The van der Waals surface area contributed by atoms with E-state index in [2.05, 4.69) is 44.7 Å². The third kappa shape index (κ3) is 2.30. The van der Waals surface area contributed by atoms with E-state index in [0.29, 0.717) is 11.2 Å². The normalized spacial score (nSPS) is 20.0. The van der Waals surface area contributed by atoms with Crippen LogP contribution in [0.1, 0.15) is 11.6 Å².